The minimum atomic E-state index is -3.59. The topological polar surface area (TPSA) is 91.3 Å². The molecule has 1 saturated heterocycles. The number of hydrogen-bond acceptors (Lipinski definition) is 7. The predicted molar refractivity (Wildman–Crippen MR) is 119 cm³/mol. The van der Waals surface area contributed by atoms with Gasteiger partial charge in [-0.25, -0.2) is 13.1 Å². The average molecular weight is 448 g/mol. The molecule has 0 radical (unpaired) electrons. The summed E-state index contributed by atoms with van der Waals surface area (Å²) in [5.74, 6) is 1.61. The van der Waals surface area contributed by atoms with E-state index in [1.165, 1.54) is 24.3 Å². The number of phenolic OH excluding ortho intramolecular Hbond substituents is 1. The highest BCUT2D eigenvalue weighted by atomic mass is 32.2. The number of phenols is 1. The van der Waals surface area contributed by atoms with Crippen molar-refractivity contribution in [3.8, 4) is 17.2 Å². The van der Waals surface area contributed by atoms with Gasteiger partial charge in [-0.3, -0.25) is 4.90 Å². The standard InChI is InChI=1S/C22H29N3O5S/c26-18-5-3-6-19(17-18)31(27,28)23-9-1-2-10-24-11-13-25(14-12-24)20-7-4-8-21-22(20)30-16-15-29-21/h3-8,17,23,26H,1-2,9-16H2. The summed E-state index contributed by atoms with van der Waals surface area (Å²) in [4.78, 5) is 4.83. The maximum atomic E-state index is 12.3. The quantitative estimate of drug-likeness (QED) is 0.599. The van der Waals surface area contributed by atoms with E-state index in [0.717, 1.165) is 62.8 Å². The minimum absolute atomic E-state index is 0.0582. The zero-order chi connectivity index (χ0) is 21.7. The number of benzene rings is 2. The molecule has 2 aliphatic heterocycles. The molecule has 2 aliphatic rings. The lowest BCUT2D eigenvalue weighted by molar-refractivity contribution is 0.171. The van der Waals surface area contributed by atoms with Crippen LogP contribution in [0.4, 0.5) is 5.69 Å². The van der Waals surface area contributed by atoms with Crippen LogP contribution in [0.3, 0.4) is 0 Å². The number of fused-ring (bicyclic) bond motifs is 1. The number of ether oxygens (including phenoxy) is 2. The predicted octanol–water partition coefficient (Wildman–Crippen LogP) is 2.04. The molecule has 4 rings (SSSR count). The van der Waals surface area contributed by atoms with Gasteiger partial charge in [0.1, 0.15) is 19.0 Å². The van der Waals surface area contributed by atoms with Crippen LogP contribution >= 0.6 is 0 Å². The van der Waals surface area contributed by atoms with E-state index in [1.54, 1.807) is 0 Å². The van der Waals surface area contributed by atoms with Crippen LogP contribution < -0.4 is 19.1 Å². The number of sulfonamides is 1. The van der Waals surface area contributed by atoms with Gasteiger partial charge in [0, 0.05) is 32.7 Å². The van der Waals surface area contributed by atoms with E-state index in [4.69, 9.17) is 9.47 Å². The zero-order valence-electron chi connectivity index (χ0n) is 17.5. The number of hydrogen-bond donors (Lipinski definition) is 2. The molecule has 9 heteroatoms. The van der Waals surface area contributed by atoms with E-state index in [-0.39, 0.29) is 10.6 Å². The number of anilines is 1. The highest BCUT2D eigenvalue weighted by molar-refractivity contribution is 7.89. The van der Waals surface area contributed by atoms with Crippen LogP contribution in [0.15, 0.2) is 47.4 Å². The number of para-hydroxylation sites is 1. The van der Waals surface area contributed by atoms with Crippen molar-refractivity contribution in [2.75, 3.05) is 57.4 Å². The molecule has 168 valence electrons. The first kappa shape index (κ1) is 21.7. The smallest absolute Gasteiger partial charge is 0.240 e. The van der Waals surface area contributed by atoms with Crippen molar-refractivity contribution in [3.63, 3.8) is 0 Å². The summed E-state index contributed by atoms with van der Waals surface area (Å²) in [7, 11) is -3.59. The van der Waals surface area contributed by atoms with Crippen molar-refractivity contribution in [3.05, 3.63) is 42.5 Å². The summed E-state index contributed by atoms with van der Waals surface area (Å²) in [6.07, 6.45) is 1.68. The molecule has 2 aromatic rings. The summed E-state index contributed by atoms with van der Waals surface area (Å²) < 4.78 is 38.7. The maximum absolute atomic E-state index is 12.3. The Kier molecular flexibility index (Phi) is 6.84. The van der Waals surface area contributed by atoms with Crippen LogP contribution in [0.1, 0.15) is 12.8 Å². The van der Waals surface area contributed by atoms with E-state index in [0.29, 0.717) is 19.8 Å². The van der Waals surface area contributed by atoms with Crippen molar-refractivity contribution in [2.24, 2.45) is 0 Å². The second-order valence-electron chi connectivity index (χ2n) is 7.73. The Labute approximate surface area is 183 Å². The van der Waals surface area contributed by atoms with Crippen LogP contribution in [0.2, 0.25) is 0 Å². The van der Waals surface area contributed by atoms with Gasteiger partial charge >= 0.3 is 0 Å². The molecule has 8 nitrogen and oxygen atoms in total. The van der Waals surface area contributed by atoms with Gasteiger partial charge in [-0.05, 0) is 49.7 Å². The van der Waals surface area contributed by atoms with Gasteiger partial charge in [0.2, 0.25) is 10.0 Å². The highest BCUT2D eigenvalue weighted by Gasteiger charge is 2.23. The van der Waals surface area contributed by atoms with Gasteiger partial charge < -0.3 is 19.5 Å². The minimum Gasteiger partial charge on any atom is -0.508 e. The molecular formula is C22H29N3O5S. The van der Waals surface area contributed by atoms with Crippen LogP contribution in [-0.2, 0) is 10.0 Å². The molecule has 0 amide bonds. The van der Waals surface area contributed by atoms with Gasteiger partial charge in [0.05, 0.1) is 10.6 Å². The number of unbranched alkanes of at least 4 members (excludes halogenated alkanes) is 1. The number of rotatable bonds is 8. The molecule has 0 aromatic heterocycles. The van der Waals surface area contributed by atoms with E-state index in [1.807, 2.05) is 12.1 Å². The first-order chi connectivity index (χ1) is 15.0. The van der Waals surface area contributed by atoms with E-state index < -0.39 is 10.0 Å². The van der Waals surface area contributed by atoms with Gasteiger partial charge in [0.25, 0.3) is 0 Å². The van der Waals surface area contributed by atoms with Crippen molar-refractivity contribution < 1.29 is 23.0 Å². The Balaban J connectivity index is 1.18. The van der Waals surface area contributed by atoms with Gasteiger partial charge in [-0.15, -0.1) is 0 Å². The van der Waals surface area contributed by atoms with Crippen LogP contribution in [-0.4, -0.2) is 70.9 Å². The van der Waals surface area contributed by atoms with Crippen molar-refractivity contribution in [1.82, 2.24) is 9.62 Å². The van der Waals surface area contributed by atoms with E-state index >= 15 is 0 Å². The largest absolute Gasteiger partial charge is 0.508 e. The molecule has 0 saturated carbocycles. The Hall–Kier alpha value is -2.49. The van der Waals surface area contributed by atoms with Gasteiger partial charge in [0.15, 0.2) is 11.5 Å². The highest BCUT2D eigenvalue weighted by Crippen LogP contribution is 2.39. The Bertz CT molecular complexity index is 990. The lowest BCUT2D eigenvalue weighted by atomic mass is 10.2. The van der Waals surface area contributed by atoms with Crippen LogP contribution in [0.25, 0.3) is 0 Å². The summed E-state index contributed by atoms with van der Waals surface area (Å²) in [5.41, 5.74) is 1.10. The lowest BCUT2D eigenvalue weighted by Crippen LogP contribution is -2.46. The van der Waals surface area contributed by atoms with E-state index in [2.05, 4.69) is 20.6 Å². The van der Waals surface area contributed by atoms with Crippen molar-refractivity contribution >= 4 is 15.7 Å². The number of nitrogens with zero attached hydrogens (tertiary/aromatic N) is 2. The normalized spacial score (nSPS) is 17.0. The fraction of sp³-hybridized carbons (Fsp3) is 0.455. The molecule has 0 spiro atoms. The monoisotopic (exact) mass is 447 g/mol. The molecule has 2 N–H and O–H groups in total. The molecule has 1 fully saturated rings. The first-order valence-corrected chi connectivity index (χ1v) is 12.2. The average Bonchev–Trinajstić information content (AvgIpc) is 2.79. The molecule has 0 bridgehead atoms. The second-order valence-corrected chi connectivity index (χ2v) is 9.50. The van der Waals surface area contributed by atoms with Crippen LogP contribution in [0.5, 0.6) is 17.2 Å². The fourth-order valence-electron chi connectivity index (χ4n) is 3.92. The molecule has 0 aliphatic carbocycles. The summed E-state index contributed by atoms with van der Waals surface area (Å²) in [6, 6.07) is 11.7. The molecule has 0 atom stereocenters. The lowest BCUT2D eigenvalue weighted by Gasteiger charge is -2.37. The van der Waals surface area contributed by atoms with Gasteiger partial charge in [-0.2, -0.15) is 0 Å². The fourth-order valence-corrected chi connectivity index (χ4v) is 5.03. The summed E-state index contributed by atoms with van der Waals surface area (Å²) in [6.45, 7) is 6.25. The SMILES string of the molecule is O=S(=O)(NCCCCN1CCN(c2cccc3c2OCCO3)CC1)c1cccc(O)c1. The molecule has 0 unspecified atom stereocenters. The Morgan fingerprint density at radius 1 is 0.968 bits per heavy atom. The third kappa shape index (κ3) is 5.41. The van der Waals surface area contributed by atoms with E-state index in [9.17, 15) is 13.5 Å². The van der Waals surface area contributed by atoms with Crippen molar-refractivity contribution in [1.29, 1.82) is 0 Å². The Morgan fingerprint density at radius 2 is 1.74 bits per heavy atom. The Morgan fingerprint density at radius 3 is 2.55 bits per heavy atom. The molecule has 2 aromatic carbocycles. The third-order valence-corrected chi connectivity index (χ3v) is 7.04. The molecule has 31 heavy (non-hydrogen) atoms. The second kappa shape index (κ2) is 9.76. The maximum Gasteiger partial charge on any atom is 0.240 e. The number of nitrogens with one attached hydrogen (secondary N) is 1. The summed E-state index contributed by atoms with van der Waals surface area (Å²) >= 11 is 0. The zero-order valence-corrected chi connectivity index (χ0v) is 18.3. The third-order valence-electron chi connectivity index (χ3n) is 5.58. The van der Waals surface area contributed by atoms with Gasteiger partial charge in [-0.1, -0.05) is 12.1 Å². The van der Waals surface area contributed by atoms with Crippen LogP contribution in [0, 0.1) is 0 Å². The molecule has 2 heterocycles. The summed E-state index contributed by atoms with van der Waals surface area (Å²) in [5, 5.41) is 9.47. The first-order valence-electron chi connectivity index (χ1n) is 10.7. The molecular weight excluding hydrogens is 418 g/mol. The van der Waals surface area contributed by atoms with Crippen molar-refractivity contribution in [2.45, 2.75) is 17.7 Å². The number of piperazine rings is 1. The number of aromatic hydroxyl groups is 1.